The maximum atomic E-state index is 12.1. The summed E-state index contributed by atoms with van der Waals surface area (Å²) in [6.45, 7) is 4.87. The van der Waals surface area contributed by atoms with Gasteiger partial charge in [0.05, 0.1) is 6.61 Å². The van der Waals surface area contributed by atoms with Crippen LogP contribution in [-0.2, 0) is 9.53 Å². The maximum absolute atomic E-state index is 12.1. The molecule has 0 heterocycles. The SMILES string of the molecule is C=C(C(=O)OCCCCCCCCCC)C(F)(F)F. The summed E-state index contributed by atoms with van der Waals surface area (Å²) in [4.78, 5) is 11.0. The summed E-state index contributed by atoms with van der Waals surface area (Å²) < 4.78 is 40.7. The molecular weight excluding hydrogens is 257 g/mol. The molecule has 0 amide bonds. The van der Waals surface area contributed by atoms with Crippen molar-refractivity contribution in [2.24, 2.45) is 0 Å². The Hall–Kier alpha value is -1.00. The Morgan fingerprint density at radius 3 is 1.95 bits per heavy atom. The highest BCUT2D eigenvalue weighted by Gasteiger charge is 2.37. The number of unbranched alkanes of at least 4 members (excludes halogenated alkanes) is 7. The number of hydrogen-bond acceptors (Lipinski definition) is 2. The van der Waals surface area contributed by atoms with Crippen LogP contribution in [0.1, 0.15) is 58.3 Å². The molecule has 5 heteroatoms. The van der Waals surface area contributed by atoms with Gasteiger partial charge in [0.1, 0.15) is 5.57 Å². The Labute approximate surface area is 113 Å². The second-order valence-electron chi connectivity index (χ2n) is 4.59. The van der Waals surface area contributed by atoms with Crippen LogP contribution in [0.15, 0.2) is 12.2 Å². The van der Waals surface area contributed by atoms with Crippen molar-refractivity contribution in [3.05, 3.63) is 12.2 Å². The van der Waals surface area contributed by atoms with Gasteiger partial charge in [-0.25, -0.2) is 4.79 Å². The number of hydrogen-bond donors (Lipinski definition) is 0. The molecule has 0 radical (unpaired) electrons. The molecule has 0 spiro atoms. The van der Waals surface area contributed by atoms with Crippen molar-refractivity contribution in [2.75, 3.05) is 6.61 Å². The Bertz CT molecular complexity index is 272. The number of ether oxygens (including phenoxy) is 1. The number of halogens is 3. The summed E-state index contributed by atoms with van der Waals surface area (Å²) in [5.41, 5.74) is -1.44. The molecule has 0 aromatic heterocycles. The first-order valence-electron chi connectivity index (χ1n) is 6.82. The van der Waals surface area contributed by atoms with Gasteiger partial charge >= 0.3 is 12.1 Å². The lowest BCUT2D eigenvalue weighted by molar-refractivity contribution is -0.150. The molecule has 19 heavy (non-hydrogen) atoms. The molecule has 0 saturated carbocycles. The van der Waals surface area contributed by atoms with Gasteiger partial charge in [0.2, 0.25) is 0 Å². The summed E-state index contributed by atoms with van der Waals surface area (Å²) in [7, 11) is 0. The van der Waals surface area contributed by atoms with E-state index >= 15 is 0 Å². The molecular formula is C14H23F3O2. The van der Waals surface area contributed by atoms with Crippen LogP contribution in [0.5, 0.6) is 0 Å². The summed E-state index contributed by atoms with van der Waals surface area (Å²) in [6, 6.07) is 0. The third-order valence-corrected chi connectivity index (χ3v) is 2.82. The third-order valence-electron chi connectivity index (χ3n) is 2.82. The molecule has 112 valence electrons. The van der Waals surface area contributed by atoms with Crippen molar-refractivity contribution in [1.82, 2.24) is 0 Å². The molecule has 0 unspecified atom stereocenters. The highest BCUT2D eigenvalue weighted by molar-refractivity contribution is 5.89. The van der Waals surface area contributed by atoms with Gasteiger partial charge in [0, 0.05) is 0 Å². The minimum Gasteiger partial charge on any atom is -0.462 e. The molecule has 0 aliphatic carbocycles. The number of alkyl halides is 3. The first kappa shape index (κ1) is 18.0. The Morgan fingerprint density at radius 2 is 1.47 bits per heavy atom. The van der Waals surface area contributed by atoms with E-state index < -0.39 is 17.7 Å². The van der Waals surface area contributed by atoms with Crippen LogP contribution in [0, 0.1) is 0 Å². The Balaban J connectivity index is 3.45. The zero-order chi connectivity index (χ0) is 14.7. The minimum atomic E-state index is -4.70. The van der Waals surface area contributed by atoms with Gasteiger partial charge in [0.25, 0.3) is 0 Å². The lowest BCUT2D eigenvalue weighted by Gasteiger charge is -2.09. The molecule has 0 aromatic rings. The molecule has 2 nitrogen and oxygen atoms in total. The predicted octanol–water partition coefficient (Wildman–Crippen LogP) is 4.79. The van der Waals surface area contributed by atoms with Gasteiger partial charge in [0.15, 0.2) is 0 Å². The van der Waals surface area contributed by atoms with Gasteiger partial charge in [-0.1, -0.05) is 58.4 Å². The fourth-order valence-electron chi connectivity index (χ4n) is 1.60. The molecule has 0 bridgehead atoms. The number of carbonyl (C=O) groups is 1. The molecule has 0 saturated heterocycles. The first-order chi connectivity index (χ1) is 8.89. The molecule has 0 aliphatic rings. The molecule has 0 aliphatic heterocycles. The van der Waals surface area contributed by atoms with E-state index in [0.29, 0.717) is 6.42 Å². The quantitative estimate of drug-likeness (QED) is 0.327. The lowest BCUT2D eigenvalue weighted by Crippen LogP contribution is -2.21. The van der Waals surface area contributed by atoms with Crippen molar-refractivity contribution < 1.29 is 22.7 Å². The highest BCUT2D eigenvalue weighted by atomic mass is 19.4. The second-order valence-corrected chi connectivity index (χ2v) is 4.59. The number of rotatable bonds is 10. The van der Waals surface area contributed by atoms with Crippen LogP contribution in [0.2, 0.25) is 0 Å². The highest BCUT2D eigenvalue weighted by Crippen LogP contribution is 2.24. The van der Waals surface area contributed by atoms with Gasteiger partial charge in [-0.3, -0.25) is 0 Å². The van der Waals surface area contributed by atoms with Crippen molar-refractivity contribution in [3.63, 3.8) is 0 Å². The predicted molar refractivity (Wildman–Crippen MR) is 68.8 cm³/mol. The molecule has 0 N–H and O–H groups in total. The fraction of sp³-hybridized carbons (Fsp3) is 0.786. The average molecular weight is 280 g/mol. The van der Waals surface area contributed by atoms with E-state index in [0.717, 1.165) is 19.3 Å². The summed E-state index contributed by atoms with van der Waals surface area (Å²) in [5.74, 6) is -1.37. The van der Waals surface area contributed by atoms with E-state index in [1.54, 1.807) is 0 Å². The number of esters is 1. The van der Waals surface area contributed by atoms with E-state index in [1.165, 1.54) is 25.7 Å². The van der Waals surface area contributed by atoms with E-state index in [2.05, 4.69) is 18.2 Å². The van der Waals surface area contributed by atoms with E-state index in [9.17, 15) is 18.0 Å². The van der Waals surface area contributed by atoms with Gasteiger partial charge in [-0.05, 0) is 6.42 Å². The first-order valence-corrected chi connectivity index (χ1v) is 6.82. The number of carbonyl (C=O) groups excluding carboxylic acids is 1. The summed E-state index contributed by atoms with van der Waals surface area (Å²) >= 11 is 0. The van der Waals surface area contributed by atoms with Crippen LogP contribution in [-0.4, -0.2) is 18.8 Å². The Morgan fingerprint density at radius 1 is 1.00 bits per heavy atom. The monoisotopic (exact) mass is 280 g/mol. The van der Waals surface area contributed by atoms with Crippen molar-refractivity contribution >= 4 is 5.97 Å². The average Bonchev–Trinajstić information content (AvgIpc) is 2.34. The van der Waals surface area contributed by atoms with Gasteiger partial charge in [-0.15, -0.1) is 0 Å². The molecule has 0 fully saturated rings. The van der Waals surface area contributed by atoms with Crippen LogP contribution in [0.4, 0.5) is 13.2 Å². The van der Waals surface area contributed by atoms with Crippen LogP contribution >= 0.6 is 0 Å². The maximum Gasteiger partial charge on any atom is 0.422 e. The summed E-state index contributed by atoms with van der Waals surface area (Å²) in [6.07, 6.45) is 3.81. The van der Waals surface area contributed by atoms with Gasteiger partial charge in [-0.2, -0.15) is 13.2 Å². The van der Waals surface area contributed by atoms with Crippen LogP contribution < -0.4 is 0 Å². The normalized spacial score (nSPS) is 11.4. The molecule has 0 atom stereocenters. The Kier molecular flexibility index (Phi) is 9.35. The van der Waals surface area contributed by atoms with E-state index in [4.69, 9.17) is 0 Å². The van der Waals surface area contributed by atoms with Crippen molar-refractivity contribution in [1.29, 1.82) is 0 Å². The van der Waals surface area contributed by atoms with Crippen LogP contribution in [0.25, 0.3) is 0 Å². The third kappa shape index (κ3) is 9.56. The summed E-state index contributed by atoms with van der Waals surface area (Å²) in [5, 5.41) is 0. The minimum absolute atomic E-state index is 0.0306. The van der Waals surface area contributed by atoms with E-state index in [-0.39, 0.29) is 6.61 Å². The van der Waals surface area contributed by atoms with Crippen molar-refractivity contribution in [3.8, 4) is 0 Å². The standard InChI is InChI=1S/C14H23F3O2/c1-3-4-5-6-7-8-9-10-11-19-13(18)12(2)14(15,16)17/h2-11H2,1H3. The smallest absolute Gasteiger partial charge is 0.422 e. The topological polar surface area (TPSA) is 26.3 Å². The lowest BCUT2D eigenvalue weighted by atomic mass is 10.1. The zero-order valence-corrected chi connectivity index (χ0v) is 11.5. The fourth-order valence-corrected chi connectivity index (χ4v) is 1.60. The van der Waals surface area contributed by atoms with Crippen LogP contribution in [0.3, 0.4) is 0 Å². The largest absolute Gasteiger partial charge is 0.462 e. The molecule has 0 aromatic carbocycles. The van der Waals surface area contributed by atoms with E-state index in [1.807, 2.05) is 0 Å². The second kappa shape index (κ2) is 9.87. The zero-order valence-electron chi connectivity index (χ0n) is 11.5. The van der Waals surface area contributed by atoms with Crippen molar-refractivity contribution in [2.45, 2.75) is 64.5 Å². The van der Waals surface area contributed by atoms with Gasteiger partial charge < -0.3 is 4.74 Å². The molecule has 0 rings (SSSR count).